The van der Waals surface area contributed by atoms with Gasteiger partial charge in [0.2, 0.25) is 0 Å². The standard InChI is InChI=1S/C23H28N4O4/c1-27(2)22(24)25-13-7-12-20(21(28)29)26-23(30)31-14-19-17-10-5-3-8-15(17)16-9-4-6-11-18(16)19/h3-6,8-11,19-20H,7,12-14H2,1-2H3,(H2,24,25)(H,26,30)(H,28,29)/t20-/m0/s1. The summed E-state index contributed by atoms with van der Waals surface area (Å²) in [6.45, 7) is 0.510. The Labute approximate surface area is 181 Å². The molecule has 2 aromatic rings. The molecule has 0 saturated carbocycles. The molecule has 8 heteroatoms. The third kappa shape index (κ3) is 5.33. The molecule has 1 amide bonds. The number of carbonyl (C=O) groups excluding carboxylic acids is 1. The third-order valence-electron chi connectivity index (χ3n) is 5.32. The first-order chi connectivity index (χ1) is 14.9. The zero-order valence-corrected chi connectivity index (χ0v) is 17.7. The second kappa shape index (κ2) is 9.97. The molecule has 1 atom stereocenters. The van der Waals surface area contributed by atoms with Crippen LogP contribution in [0, 0.1) is 0 Å². The van der Waals surface area contributed by atoms with Crippen molar-refractivity contribution in [3.63, 3.8) is 0 Å². The van der Waals surface area contributed by atoms with E-state index in [4.69, 9.17) is 10.5 Å². The minimum absolute atomic E-state index is 0.0789. The SMILES string of the molecule is CN(C)C(N)=NCCC[C@H](NC(=O)OCC1c2ccccc2-c2ccccc21)C(=O)O. The number of benzene rings is 2. The number of nitrogens with two attached hydrogens (primary N) is 1. The Morgan fingerprint density at radius 3 is 2.26 bits per heavy atom. The molecule has 0 spiro atoms. The van der Waals surface area contributed by atoms with Gasteiger partial charge in [0.15, 0.2) is 5.96 Å². The number of carboxylic acid groups (broad SMARTS) is 1. The van der Waals surface area contributed by atoms with Crippen molar-refractivity contribution >= 4 is 18.0 Å². The van der Waals surface area contributed by atoms with E-state index in [-0.39, 0.29) is 18.9 Å². The lowest BCUT2D eigenvalue weighted by molar-refractivity contribution is -0.139. The Morgan fingerprint density at radius 1 is 1.13 bits per heavy atom. The second-order valence-corrected chi connectivity index (χ2v) is 7.64. The molecule has 0 saturated heterocycles. The van der Waals surface area contributed by atoms with Crippen molar-refractivity contribution in [3.8, 4) is 11.1 Å². The summed E-state index contributed by atoms with van der Waals surface area (Å²) in [7, 11) is 3.55. The van der Waals surface area contributed by atoms with E-state index in [0.29, 0.717) is 18.9 Å². The van der Waals surface area contributed by atoms with E-state index in [1.807, 2.05) is 36.4 Å². The molecule has 0 aromatic heterocycles. The number of carboxylic acids is 1. The van der Waals surface area contributed by atoms with Gasteiger partial charge in [0.05, 0.1) is 0 Å². The lowest BCUT2D eigenvalue weighted by Crippen LogP contribution is -2.41. The largest absolute Gasteiger partial charge is 0.480 e. The average Bonchev–Trinajstić information content (AvgIpc) is 3.07. The number of aliphatic imine (C=N–C) groups is 1. The summed E-state index contributed by atoms with van der Waals surface area (Å²) in [4.78, 5) is 29.7. The zero-order valence-electron chi connectivity index (χ0n) is 17.7. The number of aliphatic carboxylic acids is 1. The van der Waals surface area contributed by atoms with Gasteiger partial charge in [-0.3, -0.25) is 4.99 Å². The number of amides is 1. The van der Waals surface area contributed by atoms with E-state index in [0.717, 1.165) is 22.3 Å². The van der Waals surface area contributed by atoms with Crippen LogP contribution in [-0.2, 0) is 9.53 Å². The number of nitrogens with zero attached hydrogens (tertiary/aromatic N) is 2. The Bertz CT molecular complexity index is 928. The van der Waals surface area contributed by atoms with Crippen molar-refractivity contribution in [1.82, 2.24) is 10.2 Å². The monoisotopic (exact) mass is 424 g/mol. The molecule has 31 heavy (non-hydrogen) atoms. The fourth-order valence-corrected chi connectivity index (χ4v) is 3.67. The number of rotatable bonds is 8. The number of alkyl carbamates (subject to hydrolysis) is 1. The van der Waals surface area contributed by atoms with Crippen LogP contribution in [0.15, 0.2) is 53.5 Å². The normalized spacial score (nSPS) is 13.8. The Morgan fingerprint density at radius 2 is 1.71 bits per heavy atom. The highest BCUT2D eigenvalue weighted by molar-refractivity contribution is 5.81. The zero-order chi connectivity index (χ0) is 22.4. The number of ether oxygens (including phenoxy) is 1. The summed E-state index contributed by atoms with van der Waals surface area (Å²) in [5, 5.41) is 11.9. The van der Waals surface area contributed by atoms with Gasteiger partial charge in [-0.05, 0) is 35.1 Å². The maximum atomic E-state index is 12.3. The molecule has 0 heterocycles. The van der Waals surface area contributed by atoms with Crippen molar-refractivity contribution in [2.45, 2.75) is 24.8 Å². The van der Waals surface area contributed by atoms with Crippen LogP contribution in [0.4, 0.5) is 4.79 Å². The van der Waals surface area contributed by atoms with Crippen molar-refractivity contribution < 1.29 is 19.4 Å². The van der Waals surface area contributed by atoms with Gasteiger partial charge in [-0.15, -0.1) is 0 Å². The first-order valence-corrected chi connectivity index (χ1v) is 10.2. The van der Waals surface area contributed by atoms with Crippen LogP contribution in [0.2, 0.25) is 0 Å². The molecule has 0 fully saturated rings. The third-order valence-corrected chi connectivity index (χ3v) is 5.32. The molecule has 2 aromatic carbocycles. The highest BCUT2D eigenvalue weighted by Crippen LogP contribution is 2.44. The van der Waals surface area contributed by atoms with Crippen LogP contribution in [0.3, 0.4) is 0 Å². The number of hydrogen-bond donors (Lipinski definition) is 3. The van der Waals surface area contributed by atoms with Crippen molar-refractivity contribution in [2.24, 2.45) is 10.7 Å². The summed E-state index contributed by atoms with van der Waals surface area (Å²) < 4.78 is 5.43. The van der Waals surface area contributed by atoms with Crippen molar-refractivity contribution in [1.29, 1.82) is 0 Å². The van der Waals surface area contributed by atoms with E-state index < -0.39 is 18.1 Å². The number of fused-ring (bicyclic) bond motifs is 3. The van der Waals surface area contributed by atoms with E-state index >= 15 is 0 Å². The highest BCUT2D eigenvalue weighted by atomic mass is 16.5. The predicted octanol–water partition coefficient (Wildman–Crippen LogP) is 2.63. The smallest absolute Gasteiger partial charge is 0.407 e. The van der Waals surface area contributed by atoms with Gasteiger partial charge in [-0.25, -0.2) is 9.59 Å². The van der Waals surface area contributed by atoms with Crippen molar-refractivity contribution in [2.75, 3.05) is 27.2 Å². The topological polar surface area (TPSA) is 117 Å². The molecule has 0 unspecified atom stereocenters. The van der Waals surface area contributed by atoms with Crippen molar-refractivity contribution in [3.05, 3.63) is 59.7 Å². The second-order valence-electron chi connectivity index (χ2n) is 7.64. The summed E-state index contributed by atoms with van der Waals surface area (Å²) in [5.74, 6) is -0.820. The molecule has 1 aliphatic rings. The molecular weight excluding hydrogens is 396 g/mol. The molecule has 0 aliphatic heterocycles. The number of carbonyl (C=O) groups is 2. The van der Waals surface area contributed by atoms with Gasteiger partial charge in [-0.1, -0.05) is 48.5 Å². The molecule has 3 rings (SSSR count). The molecule has 1 aliphatic carbocycles. The molecule has 0 radical (unpaired) electrons. The van der Waals surface area contributed by atoms with Gasteiger partial charge in [0, 0.05) is 26.6 Å². The van der Waals surface area contributed by atoms with Crippen LogP contribution in [0.5, 0.6) is 0 Å². The molecule has 8 nitrogen and oxygen atoms in total. The summed E-state index contributed by atoms with van der Waals surface area (Å²) >= 11 is 0. The molecule has 0 bridgehead atoms. The number of guanidine groups is 1. The first kappa shape index (κ1) is 22.1. The van der Waals surface area contributed by atoms with Gasteiger partial charge < -0.3 is 25.8 Å². The first-order valence-electron chi connectivity index (χ1n) is 10.2. The quantitative estimate of drug-likeness (QED) is 0.341. The maximum Gasteiger partial charge on any atom is 0.407 e. The van der Waals surface area contributed by atoms with Crippen LogP contribution < -0.4 is 11.1 Å². The Hall–Kier alpha value is -3.55. The Balaban J connectivity index is 1.56. The van der Waals surface area contributed by atoms with Crippen LogP contribution in [-0.4, -0.2) is 61.3 Å². The Kier molecular flexibility index (Phi) is 7.12. The highest BCUT2D eigenvalue weighted by Gasteiger charge is 2.29. The van der Waals surface area contributed by atoms with Gasteiger partial charge in [-0.2, -0.15) is 0 Å². The number of hydrogen-bond acceptors (Lipinski definition) is 4. The lowest BCUT2D eigenvalue weighted by Gasteiger charge is -2.17. The molecule has 4 N–H and O–H groups in total. The van der Waals surface area contributed by atoms with Crippen LogP contribution in [0.1, 0.15) is 29.9 Å². The van der Waals surface area contributed by atoms with Gasteiger partial charge >= 0.3 is 12.1 Å². The fourth-order valence-electron chi connectivity index (χ4n) is 3.67. The number of nitrogens with one attached hydrogen (secondary N) is 1. The van der Waals surface area contributed by atoms with Gasteiger partial charge in [0.25, 0.3) is 0 Å². The van der Waals surface area contributed by atoms with Crippen LogP contribution in [0.25, 0.3) is 11.1 Å². The van der Waals surface area contributed by atoms with Gasteiger partial charge in [0.1, 0.15) is 12.6 Å². The minimum Gasteiger partial charge on any atom is -0.480 e. The van der Waals surface area contributed by atoms with Crippen LogP contribution >= 0.6 is 0 Å². The molecular formula is C23H28N4O4. The lowest BCUT2D eigenvalue weighted by atomic mass is 9.98. The van der Waals surface area contributed by atoms with E-state index in [2.05, 4.69) is 22.4 Å². The minimum atomic E-state index is -1.11. The predicted molar refractivity (Wildman–Crippen MR) is 119 cm³/mol. The summed E-state index contributed by atoms with van der Waals surface area (Å²) in [5.41, 5.74) is 10.2. The molecule has 164 valence electrons. The fraction of sp³-hybridized carbons (Fsp3) is 0.348. The average molecular weight is 425 g/mol. The van der Waals surface area contributed by atoms with E-state index in [1.54, 1.807) is 19.0 Å². The maximum absolute atomic E-state index is 12.3. The van der Waals surface area contributed by atoms with E-state index in [9.17, 15) is 14.7 Å². The van der Waals surface area contributed by atoms with E-state index in [1.165, 1.54) is 0 Å². The summed E-state index contributed by atoms with van der Waals surface area (Å²) in [6, 6.07) is 15.0. The summed E-state index contributed by atoms with van der Waals surface area (Å²) in [6.07, 6.45) is -0.0515.